The number of fused-ring (bicyclic) bond motifs is 1. The molecule has 0 spiro atoms. The van der Waals surface area contributed by atoms with Crippen molar-refractivity contribution in [3.63, 3.8) is 0 Å². The Bertz CT molecular complexity index is 809. The van der Waals surface area contributed by atoms with Gasteiger partial charge in [-0.25, -0.2) is 0 Å². The van der Waals surface area contributed by atoms with Crippen molar-refractivity contribution in [3.8, 4) is 28.7 Å². The number of allylic oxidation sites excluding steroid dienone is 1. The van der Waals surface area contributed by atoms with Crippen LogP contribution in [0.3, 0.4) is 0 Å². The molecule has 0 bridgehead atoms. The summed E-state index contributed by atoms with van der Waals surface area (Å²) in [5.74, 6) is 1.54. The van der Waals surface area contributed by atoms with Crippen LogP contribution in [0.15, 0.2) is 36.4 Å². The lowest BCUT2D eigenvalue weighted by Gasteiger charge is -2.08. The van der Waals surface area contributed by atoms with Gasteiger partial charge in [0, 0.05) is 6.07 Å². The minimum absolute atomic E-state index is 0.0286. The van der Waals surface area contributed by atoms with E-state index in [2.05, 4.69) is 0 Å². The standard InChI is InChI=1S/C18H16O6/c1-21-12-4-5-13(16(9-12)22-2)14(19)6-3-11-7-15(20)18-17(8-11)23-10-24-18/h3-9,20H,10H2,1-2H3/b6-3+. The number of ether oxygens (including phenoxy) is 4. The summed E-state index contributed by atoms with van der Waals surface area (Å²) in [7, 11) is 3.04. The summed E-state index contributed by atoms with van der Waals surface area (Å²) in [4.78, 5) is 12.4. The van der Waals surface area contributed by atoms with Crippen LogP contribution >= 0.6 is 0 Å². The summed E-state index contributed by atoms with van der Waals surface area (Å²) in [6, 6.07) is 8.17. The van der Waals surface area contributed by atoms with Gasteiger partial charge in [-0.2, -0.15) is 0 Å². The van der Waals surface area contributed by atoms with Crippen LogP contribution < -0.4 is 18.9 Å². The first-order chi connectivity index (χ1) is 11.6. The number of methoxy groups -OCH3 is 2. The third-order valence-electron chi connectivity index (χ3n) is 3.58. The van der Waals surface area contributed by atoms with E-state index in [9.17, 15) is 9.90 Å². The van der Waals surface area contributed by atoms with E-state index in [0.29, 0.717) is 34.1 Å². The number of ketones is 1. The van der Waals surface area contributed by atoms with Gasteiger partial charge < -0.3 is 24.1 Å². The zero-order valence-corrected chi connectivity index (χ0v) is 13.2. The molecule has 1 heterocycles. The van der Waals surface area contributed by atoms with Gasteiger partial charge in [0.15, 0.2) is 17.3 Å². The summed E-state index contributed by atoms with van der Waals surface area (Å²) < 4.78 is 20.7. The summed E-state index contributed by atoms with van der Waals surface area (Å²) in [6.07, 6.45) is 3.00. The highest BCUT2D eigenvalue weighted by Gasteiger charge is 2.18. The molecule has 0 amide bonds. The first-order valence-electron chi connectivity index (χ1n) is 7.19. The Hall–Kier alpha value is -3.15. The van der Waals surface area contributed by atoms with E-state index in [-0.39, 0.29) is 18.3 Å². The van der Waals surface area contributed by atoms with Crippen LogP contribution in [-0.4, -0.2) is 31.9 Å². The Morgan fingerprint density at radius 1 is 1.17 bits per heavy atom. The fraction of sp³-hybridized carbons (Fsp3) is 0.167. The van der Waals surface area contributed by atoms with Gasteiger partial charge in [-0.1, -0.05) is 6.08 Å². The van der Waals surface area contributed by atoms with Crippen molar-refractivity contribution < 1.29 is 28.8 Å². The van der Waals surface area contributed by atoms with Crippen LogP contribution in [0.4, 0.5) is 0 Å². The zero-order chi connectivity index (χ0) is 17.1. The Morgan fingerprint density at radius 3 is 2.75 bits per heavy atom. The first-order valence-corrected chi connectivity index (χ1v) is 7.19. The van der Waals surface area contributed by atoms with Gasteiger partial charge in [0.2, 0.25) is 12.5 Å². The smallest absolute Gasteiger partial charge is 0.231 e. The molecule has 1 N–H and O–H groups in total. The van der Waals surface area contributed by atoms with Gasteiger partial charge in [-0.15, -0.1) is 0 Å². The average molecular weight is 328 g/mol. The summed E-state index contributed by atoms with van der Waals surface area (Å²) in [5.41, 5.74) is 1.04. The molecule has 1 aliphatic heterocycles. The molecule has 0 radical (unpaired) electrons. The lowest BCUT2D eigenvalue weighted by atomic mass is 10.1. The molecule has 0 aromatic heterocycles. The van der Waals surface area contributed by atoms with Crippen LogP contribution in [-0.2, 0) is 0 Å². The van der Waals surface area contributed by atoms with Gasteiger partial charge in [-0.3, -0.25) is 4.79 Å². The second kappa shape index (κ2) is 6.54. The Labute approximate surface area is 138 Å². The second-order valence-corrected chi connectivity index (χ2v) is 5.04. The first kappa shape index (κ1) is 15.7. The predicted octanol–water partition coefficient (Wildman–Crippen LogP) is 3.03. The fourth-order valence-corrected chi connectivity index (χ4v) is 2.37. The van der Waals surface area contributed by atoms with Crippen molar-refractivity contribution >= 4 is 11.9 Å². The van der Waals surface area contributed by atoms with Gasteiger partial charge >= 0.3 is 0 Å². The quantitative estimate of drug-likeness (QED) is 0.672. The maximum atomic E-state index is 12.4. The minimum atomic E-state index is -0.230. The maximum Gasteiger partial charge on any atom is 0.231 e. The molecular formula is C18H16O6. The van der Waals surface area contributed by atoms with Gasteiger partial charge in [-0.05, 0) is 35.9 Å². The van der Waals surface area contributed by atoms with E-state index >= 15 is 0 Å². The lowest BCUT2D eigenvalue weighted by molar-refractivity contribution is 0.104. The molecular weight excluding hydrogens is 312 g/mol. The van der Waals surface area contributed by atoms with Gasteiger partial charge in [0.25, 0.3) is 0 Å². The maximum absolute atomic E-state index is 12.4. The summed E-state index contributed by atoms with van der Waals surface area (Å²) in [5, 5.41) is 9.88. The van der Waals surface area contributed by atoms with E-state index in [1.807, 2.05) is 0 Å². The molecule has 0 atom stereocenters. The zero-order valence-electron chi connectivity index (χ0n) is 13.2. The molecule has 2 aromatic rings. The highest BCUT2D eigenvalue weighted by atomic mass is 16.7. The van der Waals surface area contributed by atoms with Crippen LogP contribution in [0.1, 0.15) is 15.9 Å². The van der Waals surface area contributed by atoms with E-state index in [1.54, 1.807) is 37.5 Å². The number of hydrogen-bond donors (Lipinski definition) is 1. The molecule has 1 aliphatic rings. The topological polar surface area (TPSA) is 74.2 Å². The minimum Gasteiger partial charge on any atom is -0.504 e. The van der Waals surface area contributed by atoms with Crippen molar-refractivity contribution in [1.82, 2.24) is 0 Å². The lowest BCUT2D eigenvalue weighted by Crippen LogP contribution is -1.99. The molecule has 6 nitrogen and oxygen atoms in total. The number of benzene rings is 2. The van der Waals surface area contributed by atoms with E-state index in [4.69, 9.17) is 18.9 Å². The largest absolute Gasteiger partial charge is 0.504 e. The Kier molecular flexibility index (Phi) is 4.29. The highest BCUT2D eigenvalue weighted by Crippen LogP contribution is 2.41. The van der Waals surface area contributed by atoms with E-state index in [0.717, 1.165) is 0 Å². The Balaban J connectivity index is 1.85. The van der Waals surface area contributed by atoms with Crippen molar-refractivity contribution in [2.24, 2.45) is 0 Å². The number of aromatic hydroxyl groups is 1. The average Bonchev–Trinajstić information content (AvgIpc) is 3.08. The third-order valence-corrected chi connectivity index (χ3v) is 3.58. The third kappa shape index (κ3) is 2.99. The van der Waals surface area contributed by atoms with Crippen molar-refractivity contribution in [2.45, 2.75) is 0 Å². The molecule has 0 saturated heterocycles. The summed E-state index contributed by atoms with van der Waals surface area (Å²) >= 11 is 0. The van der Waals surface area contributed by atoms with Gasteiger partial charge in [0.05, 0.1) is 19.8 Å². The second-order valence-electron chi connectivity index (χ2n) is 5.04. The monoisotopic (exact) mass is 328 g/mol. The normalized spacial score (nSPS) is 12.4. The van der Waals surface area contributed by atoms with Crippen molar-refractivity contribution in [1.29, 1.82) is 0 Å². The van der Waals surface area contributed by atoms with Crippen LogP contribution in [0.25, 0.3) is 6.08 Å². The fourth-order valence-electron chi connectivity index (χ4n) is 2.37. The van der Waals surface area contributed by atoms with E-state index < -0.39 is 0 Å². The van der Waals surface area contributed by atoms with Gasteiger partial charge in [0.1, 0.15) is 11.5 Å². The SMILES string of the molecule is COc1ccc(C(=O)/C=C/c2cc(O)c3c(c2)OCO3)c(OC)c1. The summed E-state index contributed by atoms with van der Waals surface area (Å²) in [6.45, 7) is 0.0675. The molecule has 0 fully saturated rings. The van der Waals surface area contributed by atoms with Crippen molar-refractivity contribution in [3.05, 3.63) is 47.5 Å². The Morgan fingerprint density at radius 2 is 2.00 bits per heavy atom. The van der Waals surface area contributed by atoms with Crippen LogP contribution in [0, 0.1) is 0 Å². The number of carbonyl (C=O) groups is 1. The number of hydrogen-bond acceptors (Lipinski definition) is 6. The van der Waals surface area contributed by atoms with Crippen LogP contribution in [0.2, 0.25) is 0 Å². The number of rotatable bonds is 5. The molecule has 24 heavy (non-hydrogen) atoms. The molecule has 0 unspecified atom stereocenters. The highest BCUT2D eigenvalue weighted by molar-refractivity contribution is 6.08. The predicted molar refractivity (Wildman–Crippen MR) is 87.1 cm³/mol. The number of phenols is 1. The molecule has 2 aromatic carbocycles. The molecule has 0 aliphatic carbocycles. The van der Waals surface area contributed by atoms with E-state index in [1.165, 1.54) is 19.3 Å². The molecule has 6 heteroatoms. The number of phenolic OH excluding ortho intramolecular Hbond substituents is 1. The van der Waals surface area contributed by atoms with Crippen molar-refractivity contribution in [2.75, 3.05) is 21.0 Å². The molecule has 0 saturated carbocycles. The molecule has 3 rings (SSSR count). The number of carbonyl (C=O) groups excluding carboxylic acids is 1. The molecule has 124 valence electrons. The van der Waals surface area contributed by atoms with Crippen LogP contribution in [0.5, 0.6) is 28.7 Å².